The van der Waals surface area contributed by atoms with Gasteiger partial charge in [0.25, 0.3) is 0 Å². The van der Waals surface area contributed by atoms with Crippen LogP contribution in [0.3, 0.4) is 0 Å². The molecular formula is C11H13NaO3. The second-order valence-electron chi connectivity index (χ2n) is 3.25. The number of hydrogen-bond donors (Lipinski definition) is 1. The van der Waals surface area contributed by atoms with Crippen molar-refractivity contribution in [2.45, 2.75) is 25.4 Å². The van der Waals surface area contributed by atoms with Gasteiger partial charge in [0.1, 0.15) is 0 Å². The zero-order chi connectivity index (χ0) is 10.4. The van der Waals surface area contributed by atoms with Gasteiger partial charge in [-0.15, -0.1) is 0 Å². The fraction of sp³-hybridized carbons (Fsp3) is 0.364. The van der Waals surface area contributed by atoms with Crippen LogP contribution in [0.5, 0.6) is 0 Å². The normalized spacial score (nSPS) is 11.5. The molecule has 1 N–H and O–H groups in total. The van der Waals surface area contributed by atoms with Crippen molar-refractivity contribution >= 4 is 5.97 Å². The third-order valence-electron chi connectivity index (χ3n) is 2.00. The summed E-state index contributed by atoms with van der Waals surface area (Å²) in [6, 6.07) is 9.49. The predicted octanol–water partition coefficient (Wildman–Crippen LogP) is -2.88. The maximum atomic E-state index is 10.1. The van der Waals surface area contributed by atoms with E-state index in [1.165, 1.54) is 0 Å². The molecule has 0 aliphatic heterocycles. The Hall–Kier alpha value is -0.350. The quantitative estimate of drug-likeness (QED) is 0.538. The summed E-state index contributed by atoms with van der Waals surface area (Å²) in [7, 11) is 0. The van der Waals surface area contributed by atoms with E-state index in [1.54, 1.807) is 0 Å². The summed E-state index contributed by atoms with van der Waals surface area (Å²) in [6.07, 6.45) is 0.0506. The van der Waals surface area contributed by atoms with Gasteiger partial charge in [-0.05, 0) is 24.8 Å². The van der Waals surface area contributed by atoms with Crippen molar-refractivity contribution in [2.24, 2.45) is 0 Å². The molecule has 0 aromatic heterocycles. The van der Waals surface area contributed by atoms with Gasteiger partial charge >= 0.3 is 29.6 Å². The molecule has 0 amide bonds. The van der Waals surface area contributed by atoms with Crippen molar-refractivity contribution in [2.75, 3.05) is 0 Å². The number of carboxylic acid groups (broad SMARTS) is 1. The molecule has 3 nitrogen and oxygen atoms in total. The van der Waals surface area contributed by atoms with Crippen LogP contribution in [0.2, 0.25) is 0 Å². The molecule has 0 unspecified atom stereocenters. The Morgan fingerprint density at radius 1 is 1.33 bits per heavy atom. The molecule has 4 heteroatoms. The fourth-order valence-electron chi connectivity index (χ4n) is 1.27. The van der Waals surface area contributed by atoms with E-state index in [-0.39, 0.29) is 42.4 Å². The summed E-state index contributed by atoms with van der Waals surface area (Å²) in [5.41, 5.74) is 1.01. The minimum atomic E-state index is -1.11. The van der Waals surface area contributed by atoms with E-state index < -0.39 is 12.1 Å². The van der Waals surface area contributed by atoms with Crippen molar-refractivity contribution in [3.8, 4) is 0 Å². The number of benzene rings is 1. The molecule has 15 heavy (non-hydrogen) atoms. The molecule has 0 saturated heterocycles. The predicted molar refractivity (Wildman–Crippen MR) is 50.4 cm³/mol. The van der Waals surface area contributed by atoms with E-state index in [2.05, 4.69) is 0 Å². The van der Waals surface area contributed by atoms with Crippen LogP contribution in [0.4, 0.5) is 0 Å². The molecule has 0 bridgehead atoms. The first-order valence-electron chi connectivity index (χ1n) is 4.60. The number of carbonyl (C=O) groups is 1. The van der Waals surface area contributed by atoms with Crippen molar-refractivity contribution in [3.63, 3.8) is 0 Å². The van der Waals surface area contributed by atoms with Gasteiger partial charge in [-0.2, -0.15) is 0 Å². The van der Waals surface area contributed by atoms with Crippen LogP contribution in [0.1, 0.15) is 18.4 Å². The minimum Gasteiger partial charge on any atom is -0.550 e. The minimum absolute atomic E-state index is 0. The number of hydrogen-bond acceptors (Lipinski definition) is 3. The number of aliphatic hydroxyl groups excluding tert-OH is 1. The molecule has 0 aliphatic carbocycles. The second kappa shape index (κ2) is 7.88. The van der Waals surface area contributed by atoms with Gasteiger partial charge in [-0.3, -0.25) is 0 Å². The summed E-state index contributed by atoms with van der Waals surface area (Å²) in [5.74, 6) is -1.11. The van der Waals surface area contributed by atoms with E-state index in [1.807, 2.05) is 30.3 Å². The number of carboxylic acids is 1. The van der Waals surface area contributed by atoms with Crippen LogP contribution < -0.4 is 34.7 Å². The molecule has 0 aliphatic rings. The molecule has 76 valence electrons. The van der Waals surface area contributed by atoms with Crippen LogP contribution in [0.15, 0.2) is 30.3 Å². The fourth-order valence-corrected chi connectivity index (χ4v) is 1.27. The Balaban J connectivity index is 0.00000196. The van der Waals surface area contributed by atoms with Gasteiger partial charge in [-0.1, -0.05) is 30.3 Å². The molecule has 1 aromatic rings. The van der Waals surface area contributed by atoms with Gasteiger partial charge in [0.05, 0.1) is 6.10 Å². The smallest absolute Gasteiger partial charge is 0.550 e. The first-order valence-corrected chi connectivity index (χ1v) is 4.60. The van der Waals surface area contributed by atoms with Crippen LogP contribution >= 0.6 is 0 Å². The zero-order valence-corrected chi connectivity index (χ0v) is 10.8. The molecule has 0 spiro atoms. The Morgan fingerprint density at radius 2 is 1.93 bits per heavy atom. The SMILES string of the molecule is O=C([O-])CC[C@@H](O)Cc1ccccc1.[Na+]. The Bertz CT molecular complexity index is 287. The summed E-state index contributed by atoms with van der Waals surface area (Å²) < 4.78 is 0. The number of aliphatic hydroxyl groups is 1. The van der Waals surface area contributed by atoms with Gasteiger partial charge in [0, 0.05) is 5.97 Å². The Labute approximate surface area is 111 Å². The van der Waals surface area contributed by atoms with Crippen molar-refractivity contribution in [1.82, 2.24) is 0 Å². The molecule has 0 saturated carbocycles. The summed E-state index contributed by atoms with van der Waals surface area (Å²) in [6.45, 7) is 0. The van der Waals surface area contributed by atoms with Crippen molar-refractivity contribution in [3.05, 3.63) is 35.9 Å². The van der Waals surface area contributed by atoms with Crippen molar-refractivity contribution in [1.29, 1.82) is 0 Å². The van der Waals surface area contributed by atoms with E-state index in [9.17, 15) is 15.0 Å². The van der Waals surface area contributed by atoms with Gasteiger partial charge in [-0.25, -0.2) is 0 Å². The summed E-state index contributed by atoms with van der Waals surface area (Å²) >= 11 is 0. The monoisotopic (exact) mass is 216 g/mol. The van der Waals surface area contributed by atoms with E-state index in [0.717, 1.165) is 5.56 Å². The number of carbonyl (C=O) groups excluding carboxylic acids is 1. The summed E-state index contributed by atoms with van der Waals surface area (Å²) in [4.78, 5) is 10.1. The Kier molecular flexibility index (Phi) is 7.70. The maximum Gasteiger partial charge on any atom is 1.00 e. The van der Waals surface area contributed by atoms with Crippen LogP contribution in [0.25, 0.3) is 0 Å². The third kappa shape index (κ3) is 6.68. The van der Waals surface area contributed by atoms with Crippen LogP contribution in [-0.4, -0.2) is 17.2 Å². The van der Waals surface area contributed by atoms with E-state index in [0.29, 0.717) is 6.42 Å². The second-order valence-corrected chi connectivity index (χ2v) is 3.25. The largest absolute Gasteiger partial charge is 1.00 e. The molecular weight excluding hydrogens is 203 g/mol. The van der Waals surface area contributed by atoms with Gasteiger partial charge in [0.15, 0.2) is 0 Å². The van der Waals surface area contributed by atoms with Crippen LogP contribution in [-0.2, 0) is 11.2 Å². The Morgan fingerprint density at radius 3 is 2.47 bits per heavy atom. The first kappa shape index (κ1) is 14.6. The van der Waals surface area contributed by atoms with Gasteiger partial charge < -0.3 is 15.0 Å². The van der Waals surface area contributed by atoms with E-state index in [4.69, 9.17) is 0 Å². The number of aliphatic carboxylic acids is 1. The average molecular weight is 216 g/mol. The van der Waals surface area contributed by atoms with Gasteiger partial charge in [0.2, 0.25) is 0 Å². The molecule has 1 rings (SSSR count). The first-order chi connectivity index (χ1) is 6.68. The third-order valence-corrected chi connectivity index (χ3v) is 2.00. The zero-order valence-electron chi connectivity index (χ0n) is 8.85. The standard InChI is InChI=1S/C11H14O3.Na/c12-10(6-7-11(13)14)8-9-4-2-1-3-5-9;/h1-5,10,12H,6-8H2,(H,13,14);/q;+1/p-1/t10-;/m1./s1. The topological polar surface area (TPSA) is 60.4 Å². The van der Waals surface area contributed by atoms with Crippen LogP contribution in [0, 0.1) is 0 Å². The number of rotatable bonds is 5. The summed E-state index contributed by atoms with van der Waals surface area (Å²) in [5, 5.41) is 19.6. The molecule has 1 atom stereocenters. The molecule has 0 heterocycles. The average Bonchev–Trinajstić information content (AvgIpc) is 2.16. The molecule has 0 fully saturated rings. The molecule has 0 radical (unpaired) electrons. The molecule has 1 aromatic carbocycles. The maximum absolute atomic E-state index is 10.1. The van der Waals surface area contributed by atoms with E-state index >= 15 is 0 Å². The van der Waals surface area contributed by atoms with Crippen molar-refractivity contribution < 1.29 is 44.6 Å².